The van der Waals surface area contributed by atoms with E-state index in [-0.39, 0.29) is 6.04 Å². The van der Waals surface area contributed by atoms with Crippen molar-refractivity contribution in [1.29, 1.82) is 0 Å². The van der Waals surface area contributed by atoms with Gasteiger partial charge in [0.1, 0.15) is 5.75 Å². The van der Waals surface area contributed by atoms with Crippen LogP contribution >= 0.6 is 0 Å². The molecule has 1 atom stereocenters. The van der Waals surface area contributed by atoms with Gasteiger partial charge in [-0.25, -0.2) is 4.39 Å². The number of nitrogens with two attached hydrogens (primary N) is 1. The van der Waals surface area contributed by atoms with E-state index >= 15 is 0 Å². The molecule has 0 radical (unpaired) electrons. The highest BCUT2D eigenvalue weighted by atomic mass is 19.1. The fourth-order valence-electron chi connectivity index (χ4n) is 1.88. The second kappa shape index (κ2) is 6.32. The minimum atomic E-state index is -0.779. The Morgan fingerprint density at radius 2 is 1.95 bits per heavy atom. The Morgan fingerprint density at radius 1 is 1.29 bits per heavy atom. The lowest BCUT2D eigenvalue weighted by Crippen LogP contribution is -2.08. The molecule has 0 aliphatic carbocycles. The molecule has 0 heterocycles. The predicted molar refractivity (Wildman–Crippen MR) is 76.8 cm³/mol. The van der Waals surface area contributed by atoms with Crippen LogP contribution in [0.1, 0.15) is 24.9 Å². The Labute approximate surface area is 121 Å². The summed E-state index contributed by atoms with van der Waals surface area (Å²) < 4.78 is 19.0. The van der Waals surface area contributed by atoms with Gasteiger partial charge >= 0.3 is 5.69 Å². The molecule has 0 aromatic heterocycles. The first-order valence-corrected chi connectivity index (χ1v) is 6.49. The van der Waals surface area contributed by atoms with Gasteiger partial charge in [-0.15, -0.1) is 0 Å². The second-order valence-corrected chi connectivity index (χ2v) is 4.53. The fraction of sp³-hybridized carbons (Fsp3) is 0.200. The Morgan fingerprint density at radius 3 is 2.52 bits per heavy atom. The molecule has 0 unspecified atom stereocenters. The lowest BCUT2D eigenvalue weighted by molar-refractivity contribution is -0.385. The Hall–Kier alpha value is -2.47. The molecule has 0 saturated heterocycles. The summed E-state index contributed by atoms with van der Waals surface area (Å²) in [6.07, 6.45) is 0.791. The highest BCUT2D eigenvalue weighted by molar-refractivity contribution is 5.49. The summed E-state index contributed by atoms with van der Waals surface area (Å²) in [5.41, 5.74) is 6.41. The number of hydrogen-bond donors (Lipinski definition) is 1. The number of rotatable bonds is 5. The van der Waals surface area contributed by atoms with Crippen LogP contribution in [0.3, 0.4) is 0 Å². The van der Waals surface area contributed by atoms with Gasteiger partial charge in [-0.1, -0.05) is 25.1 Å². The normalized spacial score (nSPS) is 12.0. The third-order valence-electron chi connectivity index (χ3n) is 3.11. The Bertz CT molecular complexity index is 644. The second-order valence-electron chi connectivity index (χ2n) is 4.53. The fourth-order valence-corrected chi connectivity index (χ4v) is 1.88. The average Bonchev–Trinajstić information content (AvgIpc) is 2.49. The van der Waals surface area contributed by atoms with Gasteiger partial charge in [-0.05, 0) is 30.2 Å². The molecule has 6 heteroatoms. The van der Waals surface area contributed by atoms with Crippen LogP contribution in [-0.4, -0.2) is 4.92 Å². The first-order valence-electron chi connectivity index (χ1n) is 6.49. The minimum absolute atomic E-state index is 0.0816. The monoisotopic (exact) mass is 290 g/mol. The molecule has 2 N–H and O–H groups in total. The summed E-state index contributed by atoms with van der Waals surface area (Å²) in [5.74, 6) is -0.858. The van der Waals surface area contributed by atoms with E-state index in [0.29, 0.717) is 5.75 Å². The van der Waals surface area contributed by atoms with Crippen LogP contribution in [0.5, 0.6) is 11.5 Å². The molecule has 0 bridgehead atoms. The first-order chi connectivity index (χ1) is 10.0. The number of halogens is 1. The standard InChI is InChI=1S/C15H15FN2O3/c1-2-13(17)10-6-8-11(9-7-10)21-15-12(16)4-3-5-14(15)18(19)20/h3-9,13H,2,17H2,1H3/t13-/m1/s1. The molecule has 0 saturated carbocycles. The van der Waals surface area contributed by atoms with E-state index in [9.17, 15) is 14.5 Å². The van der Waals surface area contributed by atoms with Crippen molar-refractivity contribution in [3.8, 4) is 11.5 Å². The number of ether oxygens (including phenoxy) is 1. The van der Waals surface area contributed by atoms with Crippen LogP contribution in [0.15, 0.2) is 42.5 Å². The van der Waals surface area contributed by atoms with Crippen LogP contribution in [0.25, 0.3) is 0 Å². The van der Waals surface area contributed by atoms with Crippen LogP contribution in [0, 0.1) is 15.9 Å². The number of nitro benzene ring substituents is 1. The zero-order valence-corrected chi connectivity index (χ0v) is 11.5. The van der Waals surface area contributed by atoms with Crippen molar-refractivity contribution >= 4 is 5.69 Å². The maximum atomic E-state index is 13.7. The van der Waals surface area contributed by atoms with Crippen molar-refractivity contribution in [1.82, 2.24) is 0 Å². The number of nitrogens with zero attached hydrogens (tertiary/aromatic N) is 1. The lowest BCUT2D eigenvalue weighted by atomic mass is 10.1. The van der Waals surface area contributed by atoms with Crippen molar-refractivity contribution in [2.24, 2.45) is 5.73 Å². The van der Waals surface area contributed by atoms with Gasteiger partial charge in [0, 0.05) is 12.1 Å². The van der Waals surface area contributed by atoms with E-state index in [2.05, 4.69) is 0 Å². The molecule has 0 aliphatic heterocycles. The summed E-state index contributed by atoms with van der Waals surface area (Å²) in [5, 5.41) is 10.9. The smallest absolute Gasteiger partial charge is 0.314 e. The molecular formula is C15H15FN2O3. The molecule has 0 amide bonds. The van der Waals surface area contributed by atoms with Crippen LogP contribution in [-0.2, 0) is 0 Å². The lowest BCUT2D eigenvalue weighted by Gasteiger charge is -2.11. The van der Waals surface area contributed by atoms with Gasteiger partial charge in [-0.3, -0.25) is 10.1 Å². The van der Waals surface area contributed by atoms with Crippen molar-refractivity contribution in [3.05, 3.63) is 64.0 Å². The third kappa shape index (κ3) is 3.35. The molecule has 2 aromatic carbocycles. The van der Waals surface area contributed by atoms with E-state index in [0.717, 1.165) is 18.1 Å². The molecule has 110 valence electrons. The largest absolute Gasteiger partial charge is 0.447 e. The van der Waals surface area contributed by atoms with E-state index in [1.807, 2.05) is 6.92 Å². The summed E-state index contributed by atoms with van der Waals surface area (Å²) in [6.45, 7) is 1.97. The maximum absolute atomic E-state index is 13.7. The van der Waals surface area contributed by atoms with Gasteiger partial charge in [0.15, 0.2) is 5.82 Å². The van der Waals surface area contributed by atoms with Gasteiger partial charge in [0.2, 0.25) is 5.75 Å². The number of nitro groups is 1. The van der Waals surface area contributed by atoms with E-state index < -0.39 is 22.2 Å². The molecule has 0 spiro atoms. The van der Waals surface area contributed by atoms with Crippen molar-refractivity contribution < 1.29 is 14.1 Å². The Kier molecular flexibility index (Phi) is 4.49. The number of benzene rings is 2. The van der Waals surface area contributed by atoms with Crippen LogP contribution in [0.4, 0.5) is 10.1 Å². The quantitative estimate of drug-likeness (QED) is 0.668. The highest BCUT2D eigenvalue weighted by Crippen LogP contribution is 2.34. The summed E-state index contributed by atoms with van der Waals surface area (Å²) >= 11 is 0. The molecule has 21 heavy (non-hydrogen) atoms. The van der Waals surface area contributed by atoms with Crippen LogP contribution in [0.2, 0.25) is 0 Å². The van der Waals surface area contributed by atoms with Crippen molar-refractivity contribution in [2.75, 3.05) is 0 Å². The predicted octanol–water partition coefficient (Wildman–Crippen LogP) is 3.94. The summed E-state index contributed by atoms with van der Waals surface area (Å²) in [4.78, 5) is 10.2. The SMILES string of the molecule is CC[C@@H](N)c1ccc(Oc2c(F)cccc2[N+](=O)[O-])cc1. The number of hydrogen-bond acceptors (Lipinski definition) is 4. The van der Waals surface area contributed by atoms with Crippen molar-refractivity contribution in [3.63, 3.8) is 0 Å². The summed E-state index contributed by atoms with van der Waals surface area (Å²) in [6, 6.07) is 10.2. The minimum Gasteiger partial charge on any atom is -0.447 e. The van der Waals surface area contributed by atoms with Gasteiger partial charge in [-0.2, -0.15) is 0 Å². The molecule has 2 aromatic rings. The van der Waals surface area contributed by atoms with Gasteiger partial charge < -0.3 is 10.5 Å². The van der Waals surface area contributed by atoms with Crippen molar-refractivity contribution in [2.45, 2.75) is 19.4 Å². The van der Waals surface area contributed by atoms with E-state index in [1.165, 1.54) is 12.1 Å². The Balaban J connectivity index is 2.28. The number of para-hydroxylation sites is 1. The first kappa shape index (κ1) is 14.9. The van der Waals surface area contributed by atoms with Crippen LogP contribution < -0.4 is 10.5 Å². The highest BCUT2D eigenvalue weighted by Gasteiger charge is 2.20. The molecule has 2 rings (SSSR count). The summed E-state index contributed by atoms with van der Waals surface area (Å²) in [7, 11) is 0. The molecule has 0 fully saturated rings. The third-order valence-corrected chi connectivity index (χ3v) is 3.11. The zero-order chi connectivity index (χ0) is 15.4. The van der Waals surface area contributed by atoms with E-state index in [4.69, 9.17) is 10.5 Å². The van der Waals surface area contributed by atoms with E-state index in [1.54, 1.807) is 24.3 Å². The molecular weight excluding hydrogens is 275 g/mol. The molecule has 0 aliphatic rings. The topological polar surface area (TPSA) is 78.4 Å². The maximum Gasteiger partial charge on any atom is 0.314 e. The molecule has 5 nitrogen and oxygen atoms in total. The van der Waals surface area contributed by atoms with Gasteiger partial charge in [0.25, 0.3) is 0 Å². The average molecular weight is 290 g/mol. The zero-order valence-electron chi connectivity index (χ0n) is 11.5. The van der Waals surface area contributed by atoms with Gasteiger partial charge in [0.05, 0.1) is 4.92 Å².